The molecular formula is C17H27FN2. The molecule has 0 spiro atoms. The van der Waals surface area contributed by atoms with E-state index in [-0.39, 0.29) is 11.9 Å². The highest BCUT2D eigenvalue weighted by Gasteiger charge is 2.20. The van der Waals surface area contributed by atoms with E-state index in [0.717, 1.165) is 31.0 Å². The highest BCUT2D eigenvalue weighted by molar-refractivity contribution is 5.21. The molecule has 2 rings (SSSR count). The molecule has 0 saturated heterocycles. The number of hydrogen-bond acceptors (Lipinski definition) is 2. The summed E-state index contributed by atoms with van der Waals surface area (Å²) in [5, 5.41) is 3.41. The predicted octanol–water partition coefficient (Wildman–Crippen LogP) is 3.60. The molecule has 20 heavy (non-hydrogen) atoms. The molecule has 1 aliphatic rings. The van der Waals surface area contributed by atoms with E-state index in [4.69, 9.17) is 0 Å². The minimum Gasteiger partial charge on any atom is -0.310 e. The molecule has 0 aromatic heterocycles. The van der Waals surface area contributed by atoms with Crippen molar-refractivity contribution < 1.29 is 4.39 Å². The van der Waals surface area contributed by atoms with Crippen LogP contribution in [0.2, 0.25) is 0 Å². The van der Waals surface area contributed by atoms with Gasteiger partial charge in [-0.2, -0.15) is 0 Å². The molecular weight excluding hydrogens is 251 g/mol. The molecule has 1 aromatic rings. The number of rotatable bonds is 8. The number of benzene rings is 1. The number of halogens is 1. The predicted molar refractivity (Wildman–Crippen MR) is 82.3 cm³/mol. The van der Waals surface area contributed by atoms with E-state index in [0.29, 0.717) is 0 Å². The second-order valence-corrected chi connectivity index (χ2v) is 5.98. The van der Waals surface area contributed by atoms with Crippen LogP contribution in [0.4, 0.5) is 4.39 Å². The average molecular weight is 278 g/mol. The molecule has 1 fully saturated rings. The highest BCUT2D eigenvalue weighted by atomic mass is 19.1. The summed E-state index contributed by atoms with van der Waals surface area (Å²) in [5.74, 6) is 0.797. The average Bonchev–Trinajstić information content (AvgIpc) is 2.40. The van der Waals surface area contributed by atoms with Crippen LogP contribution in [0.1, 0.15) is 44.2 Å². The first-order valence-electron chi connectivity index (χ1n) is 7.87. The van der Waals surface area contributed by atoms with Gasteiger partial charge in [-0.15, -0.1) is 0 Å². The van der Waals surface area contributed by atoms with Gasteiger partial charge in [-0.25, -0.2) is 4.39 Å². The molecule has 1 aliphatic carbocycles. The Morgan fingerprint density at radius 1 is 1.35 bits per heavy atom. The maximum Gasteiger partial charge on any atom is 0.127 e. The lowest BCUT2D eigenvalue weighted by Gasteiger charge is -2.31. The van der Waals surface area contributed by atoms with Gasteiger partial charge in [0.25, 0.3) is 0 Å². The monoisotopic (exact) mass is 278 g/mol. The lowest BCUT2D eigenvalue weighted by atomic mass is 9.85. The van der Waals surface area contributed by atoms with Crippen LogP contribution in [0.15, 0.2) is 24.3 Å². The fourth-order valence-electron chi connectivity index (χ4n) is 2.93. The van der Waals surface area contributed by atoms with Gasteiger partial charge in [0.05, 0.1) is 0 Å². The van der Waals surface area contributed by atoms with Crippen molar-refractivity contribution in [3.8, 4) is 0 Å². The third-order valence-corrected chi connectivity index (χ3v) is 4.33. The van der Waals surface area contributed by atoms with Gasteiger partial charge >= 0.3 is 0 Å². The second kappa shape index (κ2) is 7.75. The molecule has 2 nitrogen and oxygen atoms in total. The van der Waals surface area contributed by atoms with Crippen LogP contribution in [0.5, 0.6) is 0 Å². The Bertz CT molecular complexity index is 404. The maximum absolute atomic E-state index is 13.9. The molecule has 1 aromatic carbocycles. The van der Waals surface area contributed by atoms with Crippen molar-refractivity contribution >= 4 is 0 Å². The summed E-state index contributed by atoms with van der Waals surface area (Å²) in [4.78, 5) is 2.40. The summed E-state index contributed by atoms with van der Waals surface area (Å²) in [5.41, 5.74) is 0.798. The van der Waals surface area contributed by atoms with Crippen molar-refractivity contribution in [2.24, 2.45) is 5.92 Å². The van der Waals surface area contributed by atoms with Crippen LogP contribution in [0.3, 0.4) is 0 Å². The molecule has 3 heteroatoms. The van der Waals surface area contributed by atoms with Gasteiger partial charge in [0.2, 0.25) is 0 Å². The van der Waals surface area contributed by atoms with Crippen LogP contribution in [0, 0.1) is 11.7 Å². The van der Waals surface area contributed by atoms with Crippen LogP contribution in [0.25, 0.3) is 0 Å². The zero-order chi connectivity index (χ0) is 14.4. The van der Waals surface area contributed by atoms with Crippen molar-refractivity contribution in [2.75, 3.05) is 26.7 Å². The van der Waals surface area contributed by atoms with E-state index in [2.05, 4.69) is 24.2 Å². The van der Waals surface area contributed by atoms with Gasteiger partial charge in [-0.05, 0) is 51.4 Å². The van der Waals surface area contributed by atoms with E-state index in [9.17, 15) is 4.39 Å². The Balaban J connectivity index is 1.87. The van der Waals surface area contributed by atoms with E-state index in [1.54, 1.807) is 12.1 Å². The Hall–Kier alpha value is -0.930. The Labute approximate surface area is 122 Å². The SMILES string of the molecule is CCNC(CCN(C)CC1CCC1)c1ccccc1F. The van der Waals surface area contributed by atoms with Crippen LogP contribution < -0.4 is 5.32 Å². The largest absolute Gasteiger partial charge is 0.310 e. The molecule has 0 radical (unpaired) electrons. The van der Waals surface area contributed by atoms with Gasteiger partial charge in [0.1, 0.15) is 5.82 Å². The van der Waals surface area contributed by atoms with Crippen LogP contribution >= 0.6 is 0 Å². The standard InChI is InChI=1S/C17H27FN2/c1-3-19-17(15-9-4-5-10-16(15)18)11-12-20(2)13-14-7-6-8-14/h4-5,9-10,14,17,19H,3,6-8,11-13H2,1-2H3. The number of nitrogens with zero attached hydrogens (tertiary/aromatic N) is 1. The second-order valence-electron chi connectivity index (χ2n) is 5.98. The first-order chi connectivity index (χ1) is 9.70. The number of nitrogens with one attached hydrogen (secondary N) is 1. The first kappa shape index (κ1) is 15.5. The first-order valence-corrected chi connectivity index (χ1v) is 7.87. The van der Waals surface area contributed by atoms with Crippen molar-refractivity contribution in [1.82, 2.24) is 10.2 Å². The third-order valence-electron chi connectivity index (χ3n) is 4.33. The molecule has 1 atom stereocenters. The van der Waals surface area contributed by atoms with Gasteiger partial charge < -0.3 is 10.2 Å². The van der Waals surface area contributed by atoms with Crippen LogP contribution in [-0.2, 0) is 0 Å². The molecule has 112 valence electrons. The Morgan fingerprint density at radius 2 is 2.10 bits per heavy atom. The van der Waals surface area contributed by atoms with Crippen molar-refractivity contribution in [1.29, 1.82) is 0 Å². The molecule has 0 heterocycles. The lowest BCUT2D eigenvalue weighted by Crippen LogP contribution is -2.32. The van der Waals surface area contributed by atoms with Gasteiger partial charge in [0, 0.05) is 18.2 Å². The molecule has 1 N–H and O–H groups in total. The normalized spacial score (nSPS) is 17.2. The topological polar surface area (TPSA) is 15.3 Å². The molecule has 0 aliphatic heterocycles. The smallest absolute Gasteiger partial charge is 0.127 e. The fraction of sp³-hybridized carbons (Fsp3) is 0.647. The fourth-order valence-corrected chi connectivity index (χ4v) is 2.93. The molecule has 1 saturated carbocycles. The van der Waals surface area contributed by atoms with E-state index < -0.39 is 0 Å². The minimum atomic E-state index is -0.0971. The Morgan fingerprint density at radius 3 is 2.70 bits per heavy atom. The Kier molecular flexibility index (Phi) is 5.99. The summed E-state index contributed by atoms with van der Waals surface area (Å²) in [6, 6.07) is 7.24. The molecule has 0 bridgehead atoms. The van der Waals surface area contributed by atoms with Gasteiger partial charge in [-0.1, -0.05) is 31.5 Å². The van der Waals surface area contributed by atoms with Crippen molar-refractivity contribution in [2.45, 2.75) is 38.6 Å². The summed E-state index contributed by atoms with van der Waals surface area (Å²) >= 11 is 0. The zero-order valence-corrected chi connectivity index (χ0v) is 12.7. The van der Waals surface area contributed by atoms with Gasteiger partial charge in [0.15, 0.2) is 0 Å². The summed E-state index contributed by atoms with van der Waals surface area (Å²) in [7, 11) is 2.18. The maximum atomic E-state index is 13.9. The van der Waals surface area contributed by atoms with E-state index >= 15 is 0 Å². The summed E-state index contributed by atoms with van der Waals surface area (Å²) < 4.78 is 13.9. The summed E-state index contributed by atoms with van der Waals surface area (Å²) in [6.45, 7) is 5.15. The summed E-state index contributed by atoms with van der Waals surface area (Å²) in [6.07, 6.45) is 5.12. The van der Waals surface area contributed by atoms with E-state index in [1.807, 2.05) is 12.1 Å². The number of hydrogen-bond donors (Lipinski definition) is 1. The van der Waals surface area contributed by atoms with Gasteiger partial charge in [-0.3, -0.25) is 0 Å². The highest BCUT2D eigenvalue weighted by Crippen LogP contribution is 2.27. The van der Waals surface area contributed by atoms with Crippen molar-refractivity contribution in [3.05, 3.63) is 35.6 Å². The lowest BCUT2D eigenvalue weighted by molar-refractivity contribution is 0.198. The van der Waals surface area contributed by atoms with Crippen LogP contribution in [-0.4, -0.2) is 31.6 Å². The quantitative estimate of drug-likeness (QED) is 0.781. The minimum absolute atomic E-state index is 0.0971. The van der Waals surface area contributed by atoms with Crippen molar-refractivity contribution in [3.63, 3.8) is 0 Å². The molecule has 1 unspecified atom stereocenters. The zero-order valence-electron chi connectivity index (χ0n) is 12.7. The van der Waals surface area contributed by atoms with E-state index in [1.165, 1.54) is 25.8 Å². The third kappa shape index (κ3) is 4.29. The molecule has 0 amide bonds.